The summed E-state index contributed by atoms with van der Waals surface area (Å²) in [4.78, 5) is 14.9. The molecule has 3 atom stereocenters. The van der Waals surface area contributed by atoms with Crippen molar-refractivity contribution in [1.82, 2.24) is 10.2 Å². The maximum Gasteiger partial charge on any atom is 0.226 e. The molecule has 1 saturated carbocycles. The second kappa shape index (κ2) is 6.41. The Hall–Kier alpha value is -1.35. The molecule has 2 aliphatic rings. The van der Waals surface area contributed by atoms with Gasteiger partial charge in [0, 0.05) is 25.0 Å². The third kappa shape index (κ3) is 3.05. The van der Waals surface area contributed by atoms with E-state index in [4.69, 9.17) is 0 Å². The topological polar surface area (TPSA) is 32.3 Å². The van der Waals surface area contributed by atoms with Crippen molar-refractivity contribution in [1.29, 1.82) is 0 Å². The van der Waals surface area contributed by atoms with Gasteiger partial charge in [0.05, 0.1) is 0 Å². The summed E-state index contributed by atoms with van der Waals surface area (Å²) in [5, 5.41) is 3.22. The Kier molecular flexibility index (Phi) is 4.53. The molecule has 120 valence electrons. The Labute approximate surface area is 134 Å². The number of amides is 1. The van der Waals surface area contributed by atoms with Crippen LogP contribution in [0.2, 0.25) is 0 Å². The summed E-state index contributed by atoms with van der Waals surface area (Å²) in [5.41, 5.74) is 2.72. The molecule has 3 nitrogen and oxygen atoms in total. The number of hydrogen-bond acceptors (Lipinski definition) is 2. The zero-order valence-electron chi connectivity index (χ0n) is 14.0. The molecule has 1 aliphatic heterocycles. The van der Waals surface area contributed by atoms with Gasteiger partial charge in [0.1, 0.15) is 0 Å². The highest BCUT2D eigenvalue weighted by Crippen LogP contribution is 2.49. The van der Waals surface area contributed by atoms with E-state index in [9.17, 15) is 4.79 Å². The molecule has 0 radical (unpaired) electrons. The molecule has 1 aromatic rings. The highest BCUT2D eigenvalue weighted by Gasteiger charge is 2.47. The third-order valence-corrected chi connectivity index (χ3v) is 5.24. The fraction of sp³-hybridized carbons (Fsp3) is 0.632. The molecule has 1 N–H and O–H groups in total. The summed E-state index contributed by atoms with van der Waals surface area (Å²) in [6.07, 6.45) is 3.33. The lowest BCUT2D eigenvalue weighted by atomic mass is 10.00. The van der Waals surface area contributed by atoms with Gasteiger partial charge in [-0.25, -0.2) is 0 Å². The van der Waals surface area contributed by atoms with E-state index in [1.54, 1.807) is 0 Å². The average Bonchev–Trinajstić information content (AvgIpc) is 3.19. The maximum absolute atomic E-state index is 12.7. The van der Waals surface area contributed by atoms with Gasteiger partial charge in [-0.3, -0.25) is 4.79 Å². The largest absolute Gasteiger partial charge is 0.338 e. The van der Waals surface area contributed by atoms with Crippen molar-refractivity contribution >= 4 is 5.91 Å². The summed E-state index contributed by atoms with van der Waals surface area (Å²) in [6.45, 7) is 6.30. The Morgan fingerprint density at radius 1 is 1.32 bits per heavy atom. The van der Waals surface area contributed by atoms with E-state index in [0.717, 1.165) is 32.4 Å². The monoisotopic (exact) mass is 300 g/mol. The standard InChI is InChI=1S/C19H28N2O/c1-13(2)14-6-8-15(9-7-14)17-11-18(17)19(22)21-10-4-5-16(21)12-20-3/h6-9,13,16-18,20H,4-5,10-12H2,1-3H3. The van der Waals surface area contributed by atoms with Gasteiger partial charge in [0.25, 0.3) is 0 Å². The van der Waals surface area contributed by atoms with Crippen LogP contribution >= 0.6 is 0 Å². The molecule has 1 aliphatic carbocycles. The van der Waals surface area contributed by atoms with Gasteiger partial charge in [0.2, 0.25) is 5.91 Å². The molecule has 0 bridgehead atoms. The summed E-state index contributed by atoms with van der Waals surface area (Å²) < 4.78 is 0. The Morgan fingerprint density at radius 2 is 2.05 bits per heavy atom. The molecular weight excluding hydrogens is 272 g/mol. The van der Waals surface area contributed by atoms with Crippen molar-refractivity contribution < 1.29 is 4.79 Å². The number of benzene rings is 1. The predicted octanol–water partition coefficient (Wildman–Crippen LogP) is 3.12. The normalized spacial score (nSPS) is 27.5. The second-order valence-electron chi connectivity index (χ2n) is 7.16. The summed E-state index contributed by atoms with van der Waals surface area (Å²) in [6, 6.07) is 9.30. The number of carbonyl (C=O) groups excluding carboxylic acids is 1. The van der Waals surface area contributed by atoms with E-state index in [1.807, 2.05) is 7.05 Å². The predicted molar refractivity (Wildman–Crippen MR) is 90.0 cm³/mol. The lowest BCUT2D eigenvalue weighted by molar-refractivity contribution is -0.133. The lowest BCUT2D eigenvalue weighted by Crippen LogP contribution is -2.41. The van der Waals surface area contributed by atoms with Crippen molar-refractivity contribution in [3.05, 3.63) is 35.4 Å². The summed E-state index contributed by atoms with van der Waals surface area (Å²) in [7, 11) is 1.97. The SMILES string of the molecule is CNCC1CCCN1C(=O)C1CC1c1ccc(C(C)C)cc1. The van der Waals surface area contributed by atoms with Crippen LogP contribution in [-0.2, 0) is 4.79 Å². The molecule has 0 spiro atoms. The van der Waals surface area contributed by atoms with Gasteiger partial charge in [-0.05, 0) is 49.3 Å². The van der Waals surface area contributed by atoms with Crippen LogP contribution in [0.15, 0.2) is 24.3 Å². The minimum atomic E-state index is 0.224. The molecule has 1 saturated heterocycles. The van der Waals surface area contributed by atoms with E-state index in [2.05, 4.69) is 48.3 Å². The number of likely N-dealkylation sites (N-methyl/N-ethyl adjacent to an activating group) is 1. The highest BCUT2D eigenvalue weighted by molar-refractivity contribution is 5.83. The van der Waals surface area contributed by atoms with Crippen LogP contribution in [0.1, 0.15) is 56.1 Å². The molecule has 22 heavy (non-hydrogen) atoms. The molecule has 2 fully saturated rings. The summed E-state index contributed by atoms with van der Waals surface area (Å²) >= 11 is 0. The minimum absolute atomic E-state index is 0.224. The van der Waals surface area contributed by atoms with Crippen LogP contribution in [0.3, 0.4) is 0 Å². The first kappa shape index (κ1) is 15.5. The molecule has 1 amide bonds. The van der Waals surface area contributed by atoms with Crippen LogP contribution in [0.25, 0.3) is 0 Å². The van der Waals surface area contributed by atoms with Crippen molar-refractivity contribution in [2.45, 2.75) is 51.0 Å². The number of likely N-dealkylation sites (tertiary alicyclic amines) is 1. The van der Waals surface area contributed by atoms with Gasteiger partial charge in [0.15, 0.2) is 0 Å². The third-order valence-electron chi connectivity index (χ3n) is 5.24. The van der Waals surface area contributed by atoms with Gasteiger partial charge < -0.3 is 10.2 Å². The fourth-order valence-corrected chi connectivity index (χ4v) is 3.75. The average molecular weight is 300 g/mol. The van der Waals surface area contributed by atoms with Gasteiger partial charge in [-0.2, -0.15) is 0 Å². The van der Waals surface area contributed by atoms with Gasteiger partial charge in [-0.15, -0.1) is 0 Å². The van der Waals surface area contributed by atoms with Crippen LogP contribution in [0.4, 0.5) is 0 Å². The Balaban J connectivity index is 1.62. The summed E-state index contributed by atoms with van der Waals surface area (Å²) in [5.74, 6) is 1.63. The van der Waals surface area contributed by atoms with Gasteiger partial charge in [-0.1, -0.05) is 38.1 Å². The van der Waals surface area contributed by atoms with E-state index < -0.39 is 0 Å². The zero-order valence-corrected chi connectivity index (χ0v) is 14.0. The zero-order chi connectivity index (χ0) is 15.7. The number of hydrogen-bond donors (Lipinski definition) is 1. The van der Waals surface area contributed by atoms with Crippen molar-refractivity contribution in [2.75, 3.05) is 20.1 Å². The highest BCUT2D eigenvalue weighted by atomic mass is 16.2. The number of nitrogens with one attached hydrogen (secondary N) is 1. The van der Waals surface area contributed by atoms with E-state index in [-0.39, 0.29) is 5.92 Å². The Bertz CT molecular complexity index is 523. The minimum Gasteiger partial charge on any atom is -0.338 e. The maximum atomic E-state index is 12.7. The first-order valence-corrected chi connectivity index (χ1v) is 8.66. The van der Waals surface area contributed by atoms with Crippen LogP contribution < -0.4 is 5.32 Å². The number of carbonyl (C=O) groups is 1. The first-order valence-electron chi connectivity index (χ1n) is 8.66. The van der Waals surface area contributed by atoms with Crippen LogP contribution in [0.5, 0.6) is 0 Å². The molecular formula is C19H28N2O. The molecule has 3 heteroatoms. The Morgan fingerprint density at radius 3 is 2.68 bits per heavy atom. The molecule has 3 unspecified atom stereocenters. The molecule has 0 aromatic heterocycles. The van der Waals surface area contributed by atoms with E-state index >= 15 is 0 Å². The molecule has 1 heterocycles. The second-order valence-corrected chi connectivity index (χ2v) is 7.16. The first-order chi connectivity index (χ1) is 10.6. The van der Waals surface area contributed by atoms with E-state index in [1.165, 1.54) is 11.1 Å². The number of rotatable bonds is 5. The lowest BCUT2D eigenvalue weighted by Gasteiger charge is -2.24. The molecule has 1 aromatic carbocycles. The smallest absolute Gasteiger partial charge is 0.226 e. The van der Waals surface area contributed by atoms with Gasteiger partial charge >= 0.3 is 0 Å². The van der Waals surface area contributed by atoms with Crippen molar-refractivity contribution in [3.8, 4) is 0 Å². The van der Waals surface area contributed by atoms with Crippen molar-refractivity contribution in [2.24, 2.45) is 5.92 Å². The molecule has 3 rings (SSSR count). The van der Waals surface area contributed by atoms with Crippen molar-refractivity contribution in [3.63, 3.8) is 0 Å². The fourth-order valence-electron chi connectivity index (χ4n) is 3.75. The van der Waals surface area contributed by atoms with Crippen LogP contribution in [0, 0.1) is 5.92 Å². The van der Waals surface area contributed by atoms with Crippen LogP contribution in [-0.4, -0.2) is 37.0 Å². The number of nitrogens with zero attached hydrogens (tertiary/aromatic N) is 1. The van der Waals surface area contributed by atoms with E-state index in [0.29, 0.717) is 23.8 Å². The quantitative estimate of drug-likeness (QED) is 0.906.